The molecule has 1 aliphatic carbocycles. The Labute approximate surface area is 81.9 Å². The minimum Gasteiger partial charge on any atom is -0.366 e. The molecule has 1 aromatic rings. The first kappa shape index (κ1) is 8.94. The van der Waals surface area contributed by atoms with Crippen LogP contribution in [0, 0.1) is 0 Å². The molecule has 0 aromatic heterocycles. The van der Waals surface area contributed by atoms with Crippen LogP contribution in [0.25, 0.3) is 0 Å². The lowest BCUT2D eigenvalue weighted by Crippen LogP contribution is -2.26. The van der Waals surface area contributed by atoms with Crippen molar-refractivity contribution in [1.82, 2.24) is 0 Å². The number of hydrogen-bond acceptors (Lipinski definition) is 2. The number of nitrogens with two attached hydrogens (primary N) is 1. The van der Waals surface area contributed by atoms with Crippen molar-refractivity contribution in [2.75, 3.05) is 0 Å². The van der Waals surface area contributed by atoms with Crippen molar-refractivity contribution < 1.29 is 9.59 Å². The molecule has 1 atom stereocenters. The van der Waals surface area contributed by atoms with E-state index in [-0.39, 0.29) is 11.7 Å². The monoisotopic (exact) mass is 189 g/mol. The van der Waals surface area contributed by atoms with Crippen LogP contribution in [0.5, 0.6) is 0 Å². The summed E-state index contributed by atoms with van der Waals surface area (Å²) in [7, 11) is 0. The number of rotatable bonds is 2. The van der Waals surface area contributed by atoms with Crippen molar-refractivity contribution >= 4 is 11.7 Å². The van der Waals surface area contributed by atoms with Crippen LogP contribution in [0.15, 0.2) is 24.3 Å². The van der Waals surface area contributed by atoms with E-state index < -0.39 is 5.91 Å². The molecule has 72 valence electrons. The van der Waals surface area contributed by atoms with Gasteiger partial charge in [0.05, 0.1) is 0 Å². The number of carbonyl (C=O) groups is 2. The van der Waals surface area contributed by atoms with Crippen molar-refractivity contribution in [1.29, 1.82) is 0 Å². The molecule has 1 saturated carbocycles. The number of primary amides is 1. The van der Waals surface area contributed by atoms with E-state index >= 15 is 0 Å². The Bertz CT molecular complexity index is 398. The van der Waals surface area contributed by atoms with Gasteiger partial charge in [-0.3, -0.25) is 9.59 Å². The second kappa shape index (κ2) is 3.25. The summed E-state index contributed by atoms with van der Waals surface area (Å²) in [4.78, 5) is 22.3. The zero-order valence-electron chi connectivity index (χ0n) is 7.69. The van der Waals surface area contributed by atoms with Crippen molar-refractivity contribution in [3.8, 4) is 0 Å². The normalized spacial score (nSPS) is 20.3. The second-order valence-corrected chi connectivity index (χ2v) is 3.51. The minimum absolute atomic E-state index is 0.0984. The van der Waals surface area contributed by atoms with Crippen LogP contribution in [-0.4, -0.2) is 11.7 Å². The molecule has 0 heterocycles. The molecular weight excluding hydrogens is 178 g/mol. The molecule has 3 nitrogen and oxygen atoms in total. The smallest absolute Gasteiger partial charge is 0.249 e. The van der Waals surface area contributed by atoms with Gasteiger partial charge >= 0.3 is 0 Å². The molecule has 1 aromatic carbocycles. The Balaban J connectivity index is 2.41. The van der Waals surface area contributed by atoms with Crippen LogP contribution in [0.3, 0.4) is 0 Å². The van der Waals surface area contributed by atoms with Crippen LogP contribution in [0.1, 0.15) is 34.7 Å². The maximum Gasteiger partial charge on any atom is 0.249 e. The summed E-state index contributed by atoms with van der Waals surface area (Å²) in [6, 6.07) is 7.06. The highest BCUT2D eigenvalue weighted by atomic mass is 16.1. The van der Waals surface area contributed by atoms with Gasteiger partial charge in [0.15, 0.2) is 0 Å². The molecule has 1 amide bonds. The highest BCUT2D eigenvalue weighted by molar-refractivity contribution is 5.99. The standard InChI is InChI=1S/C11H11NO2/c12-11(14)9-4-2-1-3-7(9)8-5-6-10(8)13/h1-4,8H,5-6H2,(H2,12,14). The van der Waals surface area contributed by atoms with E-state index in [1.807, 2.05) is 12.1 Å². The van der Waals surface area contributed by atoms with Crippen molar-refractivity contribution in [3.63, 3.8) is 0 Å². The van der Waals surface area contributed by atoms with Gasteiger partial charge in [0, 0.05) is 17.9 Å². The summed E-state index contributed by atoms with van der Waals surface area (Å²) < 4.78 is 0. The number of Topliss-reactive ketones (excluding diaryl/α,β-unsaturated/α-hetero) is 1. The predicted octanol–water partition coefficient (Wildman–Crippen LogP) is 1.23. The summed E-state index contributed by atoms with van der Waals surface area (Å²) in [5.41, 5.74) is 6.49. The molecule has 2 rings (SSSR count). The second-order valence-electron chi connectivity index (χ2n) is 3.51. The molecule has 1 fully saturated rings. The lowest BCUT2D eigenvalue weighted by atomic mass is 9.77. The Kier molecular flexibility index (Phi) is 2.08. The zero-order valence-corrected chi connectivity index (χ0v) is 7.69. The predicted molar refractivity (Wildman–Crippen MR) is 51.9 cm³/mol. The summed E-state index contributed by atoms with van der Waals surface area (Å²) in [5, 5.41) is 0. The largest absolute Gasteiger partial charge is 0.366 e. The average Bonchev–Trinajstić information content (AvgIpc) is 2.16. The van der Waals surface area contributed by atoms with Gasteiger partial charge < -0.3 is 5.73 Å². The maximum absolute atomic E-state index is 11.3. The van der Waals surface area contributed by atoms with Crippen molar-refractivity contribution in [2.24, 2.45) is 5.73 Å². The van der Waals surface area contributed by atoms with Crippen LogP contribution in [0.4, 0.5) is 0 Å². The fourth-order valence-corrected chi connectivity index (χ4v) is 1.76. The number of benzene rings is 1. The molecule has 0 spiro atoms. The highest BCUT2D eigenvalue weighted by Crippen LogP contribution is 2.34. The Morgan fingerprint density at radius 3 is 2.57 bits per heavy atom. The van der Waals surface area contributed by atoms with Crippen molar-refractivity contribution in [3.05, 3.63) is 35.4 Å². The fourth-order valence-electron chi connectivity index (χ4n) is 1.76. The van der Waals surface area contributed by atoms with Crippen LogP contribution < -0.4 is 5.73 Å². The van der Waals surface area contributed by atoms with E-state index in [9.17, 15) is 9.59 Å². The lowest BCUT2D eigenvalue weighted by molar-refractivity contribution is -0.125. The number of ketones is 1. The van der Waals surface area contributed by atoms with E-state index in [0.717, 1.165) is 12.0 Å². The van der Waals surface area contributed by atoms with E-state index in [0.29, 0.717) is 12.0 Å². The highest BCUT2D eigenvalue weighted by Gasteiger charge is 2.31. The number of hydrogen-bond donors (Lipinski definition) is 1. The van der Waals surface area contributed by atoms with E-state index in [2.05, 4.69) is 0 Å². The van der Waals surface area contributed by atoms with Gasteiger partial charge in [-0.25, -0.2) is 0 Å². The first-order valence-electron chi connectivity index (χ1n) is 4.61. The van der Waals surface area contributed by atoms with Gasteiger partial charge in [0.25, 0.3) is 0 Å². The van der Waals surface area contributed by atoms with Gasteiger partial charge in [-0.15, -0.1) is 0 Å². The first-order valence-corrected chi connectivity index (χ1v) is 4.61. The van der Waals surface area contributed by atoms with Crippen LogP contribution in [-0.2, 0) is 4.79 Å². The van der Waals surface area contributed by atoms with E-state index in [1.54, 1.807) is 12.1 Å². The third-order valence-corrected chi connectivity index (χ3v) is 2.67. The molecule has 1 unspecified atom stereocenters. The number of amides is 1. The summed E-state index contributed by atoms with van der Waals surface area (Å²) >= 11 is 0. The van der Waals surface area contributed by atoms with Crippen LogP contribution in [0.2, 0.25) is 0 Å². The molecule has 14 heavy (non-hydrogen) atoms. The summed E-state index contributed by atoms with van der Waals surface area (Å²) in [6.45, 7) is 0. The van der Waals surface area contributed by atoms with Gasteiger partial charge in [-0.1, -0.05) is 18.2 Å². The molecule has 0 aliphatic heterocycles. The molecular formula is C11H11NO2. The average molecular weight is 189 g/mol. The molecule has 2 N–H and O–H groups in total. The Hall–Kier alpha value is -1.64. The lowest BCUT2D eigenvalue weighted by Gasteiger charge is -2.25. The van der Waals surface area contributed by atoms with Crippen LogP contribution >= 0.6 is 0 Å². The fraction of sp³-hybridized carbons (Fsp3) is 0.273. The minimum atomic E-state index is -0.458. The molecule has 0 radical (unpaired) electrons. The summed E-state index contributed by atoms with van der Waals surface area (Å²) in [6.07, 6.45) is 1.46. The topological polar surface area (TPSA) is 60.2 Å². The van der Waals surface area contributed by atoms with Gasteiger partial charge in [0.2, 0.25) is 5.91 Å². The first-order chi connectivity index (χ1) is 6.70. The van der Waals surface area contributed by atoms with Gasteiger partial charge in [0.1, 0.15) is 5.78 Å². The quantitative estimate of drug-likeness (QED) is 0.760. The van der Waals surface area contributed by atoms with E-state index in [1.165, 1.54) is 0 Å². The maximum atomic E-state index is 11.3. The molecule has 1 aliphatic rings. The Morgan fingerprint density at radius 2 is 2.07 bits per heavy atom. The van der Waals surface area contributed by atoms with Crippen molar-refractivity contribution in [2.45, 2.75) is 18.8 Å². The number of carbonyl (C=O) groups excluding carboxylic acids is 2. The Morgan fingerprint density at radius 1 is 1.36 bits per heavy atom. The van der Waals surface area contributed by atoms with Gasteiger partial charge in [-0.2, -0.15) is 0 Å². The molecule has 3 heteroatoms. The van der Waals surface area contributed by atoms with E-state index in [4.69, 9.17) is 5.73 Å². The molecule has 0 bridgehead atoms. The van der Waals surface area contributed by atoms with Gasteiger partial charge in [-0.05, 0) is 18.1 Å². The molecule has 0 saturated heterocycles. The zero-order chi connectivity index (χ0) is 10.1. The third-order valence-electron chi connectivity index (χ3n) is 2.67. The summed E-state index contributed by atoms with van der Waals surface area (Å²) in [5.74, 6) is -0.349. The third kappa shape index (κ3) is 1.31. The SMILES string of the molecule is NC(=O)c1ccccc1C1CCC1=O.